The predicted molar refractivity (Wildman–Crippen MR) is 67.0 cm³/mol. The quantitative estimate of drug-likeness (QED) is 0.890. The molecular weight excluding hydrogens is 270 g/mol. The molecule has 0 atom stereocenters. The third-order valence-electron chi connectivity index (χ3n) is 2.00. The van der Waals surface area contributed by atoms with Crippen molar-refractivity contribution in [3.05, 3.63) is 28.5 Å². The Morgan fingerprint density at radius 1 is 1.56 bits per heavy atom. The van der Waals surface area contributed by atoms with E-state index in [1.54, 1.807) is 12.4 Å². The summed E-state index contributed by atoms with van der Waals surface area (Å²) in [6.07, 6.45) is 3.55. The van der Waals surface area contributed by atoms with Gasteiger partial charge in [-0.2, -0.15) is 0 Å². The molecule has 1 amide bonds. The Bertz CT molecular complexity index is 357. The average Bonchev–Trinajstić information content (AvgIpc) is 2.17. The van der Waals surface area contributed by atoms with Crippen molar-refractivity contribution in [3.63, 3.8) is 0 Å². The lowest BCUT2D eigenvalue weighted by molar-refractivity contribution is -0.121. The number of nitrogens with zero attached hydrogens (tertiary/aromatic N) is 2. The van der Waals surface area contributed by atoms with E-state index in [1.165, 1.54) is 0 Å². The van der Waals surface area contributed by atoms with Gasteiger partial charge in [0, 0.05) is 30.0 Å². The Morgan fingerprint density at radius 2 is 2.31 bits per heavy atom. The van der Waals surface area contributed by atoms with Crippen LogP contribution in [-0.2, 0) is 11.3 Å². The fourth-order valence-corrected chi connectivity index (χ4v) is 1.82. The van der Waals surface area contributed by atoms with Crippen LogP contribution in [-0.4, -0.2) is 35.9 Å². The van der Waals surface area contributed by atoms with Crippen LogP contribution in [0.5, 0.6) is 0 Å². The molecule has 0 radical (unpaired) electrons. The Kier molecular flexibility index (Phi) is 5.42. The van der Waals surface area contributed by atoms with Gasteiger partial charge >= 0.3 is 0 Å². The summed E-state index contributed by atoms with van der Waals surface area (Å²) in [5, 5.41) is 2.77. The summed E-state index contributed by atoms with van der Waals surface area (Å²) in [5.74, 6) is 0.0490. The second kappa shape index (κ2) is 6.60. The van der Waals surface area contributed by atoms with Gasteiger partial charge in [0.25, 0.3) is 0 Å². The summed E-state index contributed by atoms with van der Waals surface area (Å²) in [4.78, 5) is 17.4. The molecule has 0 saturated carbocycles. The first-order valence-electron chi connectivity index (χ1n) is 5.16. The van der Waals surface area contributed by atoms with Gasteiger partial charge in [-0.1, -0.05) is 0 Å². The van der Waals surface area contributed by atoms with Crippen LogP contribution in [0.25, 0.3) is 0 Å². The van der Waals surface area contributed by atoms with Crippen LogP contribution < -0.4 is 5.32 Å². The molecule has 16 heavy (non-hydrogen) atoms. The van der Waals surface area contributed by atoms with Gasteiger partial charge in [0.15, 0.2) is 0 Å². The second-order valence-corrected chi connectivity index (χ2v) is 4.55. The number of nitrogens with one attached hydrogen (secondary N) is 1. The van der Waals surface area contributed by atoms with Crippen LogP contribution in [0.3, 0.4) is 0 Å². The largest absolute Gasteiger partial charge is 0.355 e. The summed E-state index contributed by atoms with van der Waals surface area (Å²) in [7, 11) is 1.91. The van der Waals surface area contributed by atoms with Crippen molar-refractivity contribution in [1.82, 2.24) is 15.2 Å². The van der Waals surface area contributed by atoms with Crippen molar-refractivity contribution in [3.8, 4) is 0 Å². The lowest BCUT2D eigenvalue weighted by atomic mass is 10.3. The number of likely N-dealkylation sites (N-methyl/N-ethyl adjacent to an activating group) is 2. The van der Waals surface area contributed by atoms with Gasteiger partial charge in [0.1, 0.15) is 0 Å². The second-order valence-electron chi connectivity index (χ2n) is 3.64. The molecule has 0 unspecified atom stereocenters. The summed E-state index contributed by atoms with van der Waals surface area (Å²) in [5.41, 5.74) is 1.08. The lowest BCUT2D eigenvalue weighted by Crippen LogP contribution is -2.34. The van der Waals surface area contributed by atoms with E-state index in [1.807, 2.05) is 24.9 Å². The number of pyridine rings is 1. The molecular formula is C11H16BrN3O. The highest BCUT2D eigenvalue weighted by molar-refractivity contribution is 9.10. The number of rotatable bonds is 5. The van der Waals surface area contributed by atoms with Crippen molar-refractivity contribution in [1.29, 1.82) is 0 Å². The monoisotopic (exact) mass is 285 g/mol. The molecule has 4 nitrogen and oxygen atoms in total. The van der Waals surface area contributed by atoms with E-state index in [9.17, 15) is 4.79 Å². The van der Waals surface area contributed by atoms with Gasteiger partial charge in [-0.15, -0.1) is 0 Å². The first-order chi connectivity index (χ1) is 7.61. The smallest absolute Gasteiger partial charge is 0.234 e. The first-order valence-corrected chi connectivity index (χ1v) is 5.95. The number of carbonyl (C=O) groups is 1. The van der Waals surface area contributed by atoms with E-state index in [0.29, 0.717) is 19.6 Å². The van der Waals surface area contributed by atoms with Crippen molar-refractivity contribution in [2.75, 3.05) is 20.1 Å². The van der Waals surface area contributed by atoms with Gasteiger partial charge in [0.05, 0.1) is 6.54 Å². The van der Waals surface area contributed by atoms with Crippen molar-refractivity contribution in [2.45, 2.75) is 13.5 Å². The number of hydrogen-bond donors (Lipinski definition) is 1. The Labute approximate surface area is 104 Å². The Hall–Kier alpha value is -0.940. The van der Waals surface area contributed by atoms with Crippen LogP contribution in [0.2, 0.25) is 0 Å². The molecule has 1 N–H and O–H groups in total. The van der Waals surface area contributed by atoms with E-state index < -0.39 is 0 Å². The molecule has 0 spiro atoms. The summed E-state index contributed by atoms with van der Waals surface area (Å²) in [6, 6.07) is 2.00. The zero-order valence-corrected chi connectivity index (χ0v) is 11.1. The predicted octanol–water partition coefficient (Wildman–Crippen LogP) is 1.41. The van der Waals surface area contributed by atoms with E-state index in [2.05, 4.69) is 26.2 Å². The molecule has 1 rings (SSSR count). The zero-order chi connectivity index (χ0) is 12.0. The van der Waals surface area contributed by atoms with Crippen LogP contribution in [0.4, 0.5) is 0 Å². The third-order valence-corrected chi connectivity index (χ3v) is 2.44. The summed E-state index contributed by atoms with van der Waals surface area (Å²) < 4.78 is 0.955. The Morgan fingerprint density at radius 3 is 2.94 bits per heavy atom. The van der Waals surface area contributed by atoms with Gasteiger partial charge in [-0.25, -0.2) is 0 Å². The van der Waals surface area contributed by atoms with Crippen LogP contribution >= 0.6 is 15.9 Å². The highest BCUT2D eigenvalue weighted by Crippen LogP contribution is 2.10. The van der Waals surface area contributed by atoms with Crippen molar-refractivity contribution in [2.24, 2.45) is 0 Å². The number of hydrogen-bond acceptors (Lipinski definition) is 3. The van der Waals surface area contributed by atoms with E-state index >= 15 is 0 Å². The highest BCUT2D eigenvalue weighted by atomic mass is 79.9. The molecule has 0 fully saturated rings. The molecule has 0 aromatic carbocycles. The molecule has 0 bridgehead atoms. The summed E-state index contributed by atoms with van der Waals surface area (Å²) in [6.45, 7) is 3.70. The maximum Gasteiger partial charge on any atom is 0.234 e. The number of amides is 1. The average molecular weight is 286 g/mol. The molecule has 1 aromatic heterocycles. The van der Waals surface area contributed by atoms with Gasteiger partial charge in [-0.05, 0) is 41.5 Å². The standard InChI is InChI=1S/C11H16BrN3O/c1-3-14-11(16)8-15(2)7-9-4-10(12)6-13-5-9/h4-6H,3,7-8H2,1-2H3,(H,14,16). The fourth-order valence-electron chi connectivity index (χ4n) is 1.41. The molecule has 0 aliphatic carbocycles. The minimum Gasteiger partial charge on any atom is -0.355 e. The van der Waals surface area contributed by atoms with Crippen molar-refractivity contribution >= 4 is 21.8 Å². The third kappa shape index (κ3) is 4.72. The minimum atomic E-state index is 0.0490. The van der Waals surface area contributed by atoms with Crippen LogP contribution in [0.1, 0.15) is 12.5 Å². The lowest BCUT2D eigenvalue weighted by Gasteiger charge is -2.15. The minimum absolute atomic E-state index is 0.0490. The number of carbonyl (C=O) groups excluding carboxylic acids is 1. The van der Waals surface area contributed by atoms with Gasteiger partial charge in [0.2, 0.25) is 5.91 Å². The van der Waals surface area contributed by atoms with Crippen LogP contribution in [0, 0.1) is 0 Å². The molecule has 88 valence electrons. The Balaban J connectivity index is 2.45. The SMILES string of the molecule is CCNC(=O)CN(C)Cc1cncc(Br)c1. The van der Waals surface area contributed by atoms with Gasteiger partial charge < -0.3 is 5.32 Å². The molecule has 0 aliphatic heterocycles. The number of halogens is 1. The van der Waals surface area contributed by atoms with Crippen LogP contribution in [0.15, 0.2) is 22.9 Å². The first kappa shape index (κ1) is 13.1. The normalized spacial score (nSPS) is 10.5. The van der Waals surface area contributed by atoms with E-state index in [4.69, 9.17) is 0 Å². The fraction of sp³-hybridized carbons (Fsp3) is 0.455. The highest BCUT2D eigenvalue weighted by Gasteiger charge is 2.06. The van der Waals surface area contributed by atoms with Crippen molar-refractivity contribution < 1.29 is 4.79 Å². The molecule has 1 aromatic rings. The topological polar surface area (TPSA) is 45.2 Å². The van der Waals surface area contributed by atoms with E-state index in [0.717, 1.165) is 10.0 Å². The zero-order valence-electron chi connectivity index (χ0n) is 9.53. The van der Waals surface area contributed by atoms with Gasteiger partial charge in [-0.3, -0.25) is 14.7 Å². The maximum absolute atomic E-state index is 11.3. The number of aromatic nitrogens is 1. The molecule has 0 saturated heterocycles. The molecule has 1 heterocycles. The molecule has 5 heteroatoms. The van der Waals surface area contributed by atoms with E-state index in [-0.39, 0.29) is 5.91 Å². The maximum atomic E-state index is 11.3. The summed E-state index contributed by atoms with van der Waals surface area (Å²) >= 11 is 3.37. The molecule has 0 aliphatic rings.